The first-order valence-electron chi connectivity index (χ1n) is 12.2. The molecule has 0 saturated carbocycles. The van der Waals surface area contributed by atoms with Gasteiger partial charge in [-0.1, -0.05) is 81.0 Å². The number of benzene rings is 2. The van der Waals surface area contributed by atoms with Crippen LogP contribution in [0.4, 0.5) is 0 Å². The Hall–Kier alpha value is -2.76. The first kappa shape index (κ1) is 28.5. The Morgan fingerprint density at radius 3 is 2.14 bits per heavy atom. The summed E-state index contributed by atoms with van der Waals surface area (Å²) in [5.41, 5.74) is 3.73. The summed E-state index contributed by atoms with van der Waals surface area (Å²) >= 11 is 0. The molecule has 0 spiro atoms. The highest BCUT2D eigenvalue weighted by molar-refractivity contribution is 6.74. The lowest BCUT2D eigenvalue weighted by atomic mass is 10.0. The zero-order valence-electron chi connectivity index (χ0n) is 22.3. The van der Waals surface area contributed by atoms with Crippen molar-refractivity contribution in [1.29, 1.82) is 0 Å². The van der Waals surface area contributed by atoms with Gasteiger partial charge in [-0.15, -0.1) is 0 Å². The van der Waals surface area contributed by atoms with E-state index in [0.717, 1.165) is 18.4 Å². The summed E-state index contributed by atoms with van der Waals surface area (Å²) in [4.78, 5) is 25.2. The topological polar surface area (TPSA) is 52.6 Å². The van der Waals surface area contributed by atoms with Crippen molar-refractivity contribution in [2.45, 2.75) is 65.6 Å². The van der Waals surface area contributed by atoms with E-state index >= 15 is 0 Å². The molecule has 0 N–H and O–H groups in total. The summed E-state index contributed by atoms with van der Waals surface area (Å²) in [6.45, 7) is 16.2. The van der Waals surface area contributed by atoms with Crippen LogP contribution in [0.5, 0.6) is 0 Å². The van der Waals surface area contributed by atoms with Crippen LogP contribution in [0.3, 0.4) is 0 Å². The fourth-order valence-corrected chi connectivity index (χ4v) is 4.06. The molecule has 0 radical (unpaired) electrons. The molecule has 35 heavy (non-hydrogen) atoms. The van der Waals surface area contributed by atoms with Gasteiger partial charge in [0.1, 0.15) is 6.61 Å². The van der Waals surface area contributed by atoms with Crippen LogP contribution in [0, 0.1) is 0 Å². The number of carbonyl (C=O) groups is 2. The summed E-state index contributed by atoms with van der Waals surface area (Å²) in [7, 11) is -1.72. The van der Waals surface area contributed by atoms with Gasteiger partial charge in [-0.2, -0.15) is 0 Å². The largest absolute Gasteiger partial charge is 0.458 e. The van der Waals surface area contributed by atoms with Crippen LogP contribution in [0.25, 0.3) is 0 Å². The molecular formula is C30H40O4Si. The second-order valence-corrected chi connectivity index (χ2v) is 15.4. The zero-order valence-corrected chi connectivity index (χ0v) is 23.3. The summed E-state index contributed by atoms with van der Waals surface area (Å²) in [5.74, 6) is -0.547. The fraction of sp³-hybridized carbons (Fsp3) is 0.400. The first-order chi connectivity index (χ1) is 16.4. The van der Waals surface area contributed by atoms with Crippen LogP contribution < -0.4 is 0 Å². The van der Waals surface area contributed by atoms with Gasteiger partial charge >= 0.3 is 5.97 Å². The molecular weight excluding hydrogens is 452 g/mol. The summed E-state index contributed by atoms with van der Waals surface area (Å²) in [6, 6.07) is 15.7. The van der Waals surface area contributed by atoms with E-state index in [1.807, 2.05) is 25.1 Å². The van der Waals surface area contributed by atoms with Crippen molar-refractivity contribution >= 4 is 20.1 Å². The number of hydrogen-bond acceptors (Lipinski definition) is 4. The van der Waals surface area contributed by atoms with Gasteiger partial charge in [0, 0.05) is 11.1 Å². The fourth-order valence-electron chi connectivity index (χ4n) is 3.12. The minimum Gasteiger partial charge on any atom is -0.458 e. The first-order valence-corrected chi connectivity index (χ1v) is 15.1. The average molecular weight is 493 g/mol. The molecule has 2 aromatic carbocycles. The SMILES string of the molecule is C/C(=C\CO[Si](C)(C)C(C)(C)C)CC/C=C(\C)COC(=O)c1cccc(C(=O)c2ccccc2)c1. The van der Waals surface area contributed by atoms with Crippen LogP contribution >= 0.6 is 0 Å². The highest BCUT2D eigenvalue weighted by Crippen LogP contribution is 2.36. The Kier molecular flexibility index (Phi) is 10.4. The number of carbonyl (C=O) groups excluding carboxylic acids is 2. The molecule has 188 valence electrons. The van der Waals surface area contributed by atoms with Gasteiger partial charge in [0.05, 0.1) is 12.2 Å². The highest BCUT2D eigenvalue weighted by Gasteiger charge is 2.36. The number of allylic oxidation sites excluding steroid dienone is 2. The second-order valence-electron chi connectivity index (χ2n) is 10.6. The Bertz CT molecular complexity index is 1060. The molecule has 4 nitrogen and oxygen atoms in total. The van der Waals surface area contributed by atoms with Crippen molar-refractivity contribution in [2.24, 2.45) is 0 Å². The van der Waals surface area contributed by atoms with E-state index < -0.39 is 14.3 Å². The smallest absolute Gasteiger partial charge is 0.338 e. The Morgan fingerprint density at radius 1 is 0.857 bits per heavy atom. The molecule has 0 aromatic heterocycles. The lowest BCUT2D eigenvalue weighted by Gasteiger charge is -2.35. The van der Waals surface area contributed by atoms with Crippen molar-refractivity contribution < 1.29 is 18.8 Å². The van der Waals surface area contributed by atoms with Crippen molar-refractivity contribution in [1.82, 2.24) is 0 Å². The van der Waals surface area contributed by atoms with Crippen molar-refractivity contribution in [3.05, 3.63) is 94.6 Å². The van der Waals surface area contributed by atoms with Crippen molar-refractivity contribution in [2.75, 3.05) is 13.2 Å². The Morgan fingerprint density at radius 2 is 1.49 bits per heavy atom. The van der Waals surface area contributed by atoms with Crippen LogP contribution in [0.2, 0.25) is 18.1 Å². The summed E-state index contributed by atoms with van der Waals surface area (Å²) in [5, 5.41) is 0.213. The van der Waals surface area contributed by atoms with Gasteiger partial charge in [-0.25, -0.2) is 4.79 Å². The minimum absolute atomic E-state index is 0.116. The molecule has 0 aliphatic rings. The van der Waals surface area contributed by atoms with Crippen LogP contribution in [-0.4, -0.2) is 33.3 Å². The maximum Gasteiger partial charge on any atom is 0.338 e. The summed E-state index contributed by atoms with van der Waals surface area (Å²) in [6.07, 6.45) is 6.10. The van der Waals surface area contributed by atoms with Crippen molar-refractivity contribution in [3.63, 3.8) is 0 Å². The van der Waals surface area contributed by atoms with E-state index in [9.17, 15) is 9.59 Å². The molecule has 0 fully saturated rings. The normalized spacial score (nSPS) is 13.0. The van der Waals surface area contributed by atoms with Gasteiger partial charge < -0.3 is 9.16 Å². The van der Waals surface area contributed by atoms with E-state index in [2.05, 4.69) is 52.9 Å². The molecule has 0 amide bonds. The molecule has 0 saturated heterocycles. The third-order valence-electron chi connectivity index (χ3n) is 6.54. The maximum atomic E-state index is 12.6. The molecule has 0 aliphatic heterocycles. The molecule has 0 aliphatic carbocycles. The molecule has 0 bridgehead atoms. The number of esters is 1. The number of ketones is 1. The molecule has 2 aromatic rings. The van der Waals surface area contributed by atoms with Crippen molar-refractivity contribution in [3.8, 4) is 0 Å². The lowest BCUT2D eigenvalue weighted by molar-refractivity contribution is 0.0539. The Balaban J connectivity index is 1.82. The number of ether oxygens (including phenoxy) is 1. The predicted molar refractivity (Wildman–Crippen MR) is 146 cm³/mol. The standard InChI is InChI=1S/C30H40O4Si/c1-23(19-20-34-35(6,7)30(3,4)5)13-11-14-24(2)22-33-29(32)27-18-12-17-26(21-27)28(31)25-15-9-8-10-16-25/h8-10,12,14-19,21H,11,13,20,22H2,1-7H3/b23-19+,24-14+. The predicted octanol–water partition coefficient (Wildman–Crippen LogP) is 7.77. The third kappa shape index (κ3) is 9.08. The van der Waals surface area contributed by atoms with Gasteiger partial charge in [0.15, 0.2) is 14.1 Å². The van der Waals surface area contributed by atoms with E-state index in [4.69, 9.17) is 9.16 Å². The van der Waals surface area contributed by atoms with Crippen LogP contribution in [-0.2, 0) is 9.16 Å². The van der Waals surface area contributed by atoms with E-state index in [0.29, 0.717) is 23.3 Å². The lowest BCUT2D eigenvalue weighted by Crippen LogP contribution is -2.40. The molecule has 0 heterocycles. The van der Waals surface area contributed by atoms with Gasteiger partial charge in [-0.3, -0.25) is 4.79 Å². The van der Waals surface area contributed by atoms with Gasteiger partial charge in [-0.05, 0) is 62.5 Å². The van der Waals surface area contributed by atoms with Crippen LogP contribution in [0.15, 0.2) is 77.9 Å². The maximum absolute atomic E-state index is 12.6. The molecule has 2 rings (SSSR count). The molecule has 5 heteroatoms. The molecule has 0 atom stereocenters. The number of rotatable bonds is 11. The van der Waals surface area contributed by atoms with Crippen LogP contribution in [0.1, 0.15) is 73.7 Å². The average Bonchev–Trinajstić information content (AvgIpc) is 2.82. The van der Waals surface area contributed by atoms with Gasteiger partial charge in [0.25, 0.3) is 0 Å². The quantitative estimate of drug-likeness (QED) is 0.139. The number of hydrogen-bond donors (Lipinski definition) is 0. The Labute approximate surface area is 212 Å². The van der Waals surface area contributed by atoms with E-state index in [-0.39, 0.29) is 17.4 Å². The highest BCUT2D eigenvalue weighted by atomic mass is 28.4. The summed E-state index contributed by atoms with van der Waals surface area (Å²) < 4.78 is 11.7. The van der Waals surface area contributed by atoms with E-state index in [1.54, 1.807) is 36.4 Å². The third-order valence-corrected chi connectivity index (χ3v) is 11.0. The van der Waals surface area contributed by atoms with Gasteiger partial charge in [0.2, 0.25) is 0 Å². The second kappa shape index (κ2) is 12.8. The molecule has 0 unspecified atom stereocenters. The zero-order chi connectivity index (χ0) is 26.1. The monoisotopic (exact) mass is 492 g/mol. The van der Waals surface area contributed by atoms with E-state index in [1.165, 1.54) is 5.57 Å². The minimum atomic E-state index is -1.72.